The minimum absolute atomic E-state index is 0.549. The molecule has 0 amide bonds. The zero-order chi connectivity index (χ0) is 13.2. The van der Waals surface area contributed by atoms with E-state index in [1.807, 2.05) is 6.07 Å². The van der Waals surface area contributed by atoms with Crippen LogP contribution in [0.2, 0.25) is 0 Å². The Morgan fingerprint density at radius 1 is 1.42 bits per heavy atom. The van der Waals surface area contributed by atoms with Gasteiger partial charge >= 0.3 is 0 Å². The van der Waals surface area contributed by atoms with Gasteiger partial charge in [0.1, 0.15) is 6.61 Å². The predicted octanol–water partition coefficient (Wildman–Crippen LogP) is 3.05. The summed E-state index contributed by atoms with van der Waals surface area (Å²) >= 11 is 0. The zero-order valence-electron chi connectivity index (χ0n) is 11.9. The summed E-state index contributed by atoms with van der Waals surface area (Å²) in [7, 11) is 1.72. The summed E-state index contributed by atoms with van der Waals surface area (Å²) in [5, 5.41) is 0. The first-order valence-electron chi connectivity index (χ1n) is 7.39. The van der Waals surface area contributed by atoms with E-state index >= 15 is 0 Å². The molecule has 19 heavy (non-hydrogen) atoms. The molecule has 0 bridgehead atoms. The lowest BCUT2D eigenvalue weighted by Crippen LogP contribution is -2.49. The standard InChI is InChI=1S/C16H23NO2/c1-3-9-17-10-5-7-12-13-6-4-8-15(18-2)16(13)19-11-14(12)17/h4,6,8,12,14H,3,5,7,9-11H2,1-2H3/t12-,14-/m0/s1. The van der Waals surface area contributed by atoms with Crippen molar-refractivity contribution in [2.45, 2.75) is 38.1 Å². The number of fused-ring (bicyclic) bond motifs is 3. The van der Waals surface area contributed by atoms with Crippen LogP contribution in [0.3, 0.4) is 0 Å². The van der Waals surface area contributed by atoms with Gasteiger partial charge in [-0.2, -0.15) is 0 Å². The van der Waals surface area contributed by atoms with Gasteiger partial charge in [-0.25, -0.2) is 0 Å². The second kappa shape index (κ2) is 5.41. The molecule has 3 heteroatoms. The maximum absolute atomic E-state index is 6.02. The van der Waals surface area contributed by atoms with E-state index < -0.39 is 0 Å². The van der Waals surface area contributed by atoms with Crippen LogP contribution in [0.4, 0.5) is 0 Å². The minimum atomic E-state index is 0.549. The Morgan fingerprint density at radius 2 is 2.32 bits per heavy atom. The smallest absolute Gasteiger partial charge is 0.164 e. The van der Waals surface area contributed by atoms with Gasteiger partial charge in [0.15, 0.2) is 11.5 Å². The first kappa shape index (κ1) is 12.8. The van der Waals surface area contributed by atoms with Crippen LogP contribution in [-0.4, -0.2) is 37.7 Å². The third-order valence-corrected chi connectivity index (χ3v) is 4.43. The molecule has 1 saturated heterocycles. The number of likely N-dealkylation sites (tertiary alicyclic amines) is 1. The predicted molar refractivity (Wildman–Crippen MR) is 76.1 cm³/mol. The number of benzene rings is 1. The van der Waals surface area contributed by atoms with E-state index in [4.69, 9.17) is 9.47 Å². The fourth-order valence-electron chi connectivity index (χ4n) is 3.58. The molecule has 1 aromatic rings. The van der Waals surface area contributed by atoms with Crippen molar-refractivity contribution < 1.29 is 9.47 Å². The second-order valence-corrected chi connectivity index (χ2v) is 5.54. The monoisotopic (exact) mass is 261 g/mol. The Kier molecular flexibility index (Phi) is 3.65. The summed E-state index contributed by atoms with van der Waals surface area (Å²) in [4.78, 5) is 2.61. The van der Waals surface area contributed by atoms with Crippen LogP contribution in [0, 0.1) is 0 Å². The van der Waals surface area contributed by atoms with Crippen molar-refractivity contribution >= 4 is 0 Å². The molecule has 1 fully saturated rings. The van der Waals surface area contributed by atoms with E-state index in [0.717, 1.165) is 18.1 Å². The number of hydrogen-bond acceptors (Lipinski definition) is 3. The largest absolute Gasteiger partial charge is 0.493 e. The molecule has 1 aromatic carbocycles. The van der Waals surface area contributed by atoms with Crippen molar-refractivity contribution in [2.75, 3.05) is 26.8 Å². The SMILES string of the molecule is CCCN1CCC[C@H]2c3cccc(OC)c3OC[C@@H]21. The molecule has 0 spiro atoms. The highest BCUT2D eigenvalue weighted by Crippen LogP contribution is 2.45. The Balaban J connectivity index is 1.92. The number of rotatable bonds is 3. The second-order valence-electron chi connectivity index (χ2n) is 5.54. The lowest BCUT2D eigenvalue weighted by molar-refractivity contribution is 0.0643. The lowest BCUT2D eigenvalue weighted by Gasteiger charge is -2.44. The maximum atomic E-state index is 6.02. The number of methoxy groups -OCH3 is 1. The minimum Gasteiger partial charge on any atom is -0.493 e. The van der Waals surface area contributed by atoms with Gasteiger partial charge in [0, 0.05) is 11.5 Å². The number of para-hydroxylation sites is 1. The van der Waals surface area contributed by atoms with Crippen molar-refractivity contribution in [3.05, 3.63) is 23.8 Å². The molecule has 0 unspecified atom stereocenters. The molecule has 2 atom stereocenters. The third kappa shape index (κ3) is 2.20. The van der Waals surface area contributed by atoms with Gasteiger partial charge in [-0.05, 0) is 38.4 Å². The number of ether oxygens (including phenoxy) is 2. The highest BCUT2D eigenvalue weighted by atomic mass is 16.5. The van der Waals surface area contributed by atoms with E-state index in [1.54, 1.807) is 7.11 Å². The first-order valence-corrected chi connectivity index (χ1v) is 7.39. The van der Waals surface area contributed by atoms with Crippen LogP contribution in [-0.2, 0) is 0 Å². The van der Waals surface area contributed by atoms with Crippen LogP contribution in [0.1, 0.15) is 37.7 Å². The van der Waals surface area contributed by atoms with Gasteiger partial charge in [-0.3, -0.25) is 4.90 Å². The summed E-state index contributed by atoms with van der Waals surface area (Å²) in [6.45, 7) is 5.46. The third-order valence-electron chi connectivity index (χ3n) is 4.43. The Morgan fingerprint density at radius 3 is 3.11 bits per heavy atom. The molecule has 104 valence electrons. The van der Waals surface area contributed by atoms with Crippen molar-refractivity contribution in [3.8, 4) is 11.5 Å². The first-order chi connectivity index (χ1) is 9.35. The summed E-state index contributed by atoms with van der Waals surface area (Å²) in [5.74, 6) is 2.47. The fraction of sp³-hybridized carbons (Fsp3) is 0.625. The number of hydrogen-bond donors (Lipinski definition) is 0. The highest BCUT2D eigenvalue weighted by Gasteiger charge is 2.38. The Hall–Kier alpha value is -1.22. The van der Waals surface area contributed by atoms with E-state index in [0.29, 0.717) is 12.0 Å². The quantitative estimate of drug-likeness (QED) is 0.834. The van der Waals surface area contributed by atoms with Gasteiger partial charge in [0.2, 0.25) is 0 Å². The van der Waals surface area contributed by atoms with E-state index in [2.05, 4.69) is 24.0 Å². The van der Waals surface area contributed by atoms with Gasteiger partial charge < -0.3 is 9.47 Å². The fourth-order valence-corrected chi connectivity index (χ4v) is 3.58. The van der Waals surface area contributed by atoms with Crippen molar-refractivity contribution in [1.29, 1.82) is 0 Å². The van der Waals surface area contributed by atoms with Crippen LogP contribution in [0.5, 0.6) is 11.5 Å². The van der Waals surface area contributed by atoms with Crippen LogP contribution < -0.4 is 9.47 Å². The molecule has 0 radical (unpaired) electrons. The van der Waals surface area contributed by atoms with Crippen LogP contribution in [0.15, 0.2) is 18.2 Å². The molecule has 3 rings (SSSR count). The lowest BCUT2D eigenvalue weighted by atomic mass is 9.81. The Labute approximate surface area is 115 Å². The average Bonchev–Trinajstić information content (AvgIpc) is 2.47. The van der Waals surface area contributed by atoms with Gasteiger partial charge in [0.05, 0.1) is 13.2 Å². The maximum Gasteiger partial charge on any atom is 0.164 e. The van der Waals surface area contributed by atoms with Crippen molar-refractivity contribution in [2.24, 2.45) is 0 Å². The molecule has 3 nitrogen and oxygen atoms in total. The average molecular weight is 261 g/mol. The molecular formula is C16H23NO2. The molecule has 0 saturated carbocycles. The summed E-state index contributed by atoms with van der Waals surface area (Å²) in [6, 6.07) is 6.84. The zero-order valence-corrected chi connectivity index (χ0v) is 11.9. The molecule has 0 aromatic heterocycles. The normalized spacial score (nSPS) is 26.2. The summed E-state index contributed by atoms with van der Waals surface area (Å²) < 4.78 is 11.5. The Bertz CT molecular complexity index is 444. The van der Waals surface area contributed by atoms with E-state index in [-0.39, 0.29) is 0 Å². The molecule has 0 N–H and O–H groups in total. The summed E-state index contributed by atoms with van der Waals surface area (Å²) in [5.41, 5.74) is 1.34. The highest BCUT2D eigenvalue weighted by molar-refractivity contribution is 5.50. The number of nitrogens with zero attached hydrogens (tertiary/aromatic N) is 1. The van der Waals surface area contributed by atoms with E-state index in [1.165, 1.54) is 37.9 Å². The number of piperidine rings is 1. The van der Waals surface area contributed by atoms with Gasteiger partial charge in [-0.1, -0.05) is 19.1 Å². The van der Waals surface area contributed by atoms with Gasteiger partial charge in [-0.15, -0.1) is 0 Å². The molecule has 0 aliphatic carbocycles. The van der Waals surface area contributed by atoms with Crippen LogP contribution in [0.25, 0.3) is 0 Å². The summed E-state index contributed by atoms with van der Waals surface area (Å²) in [6.07, 6.45) is 3.78. The van der Waals surface area contributed by atoms with E-state index in [9.17, 15) is 0 Å². The molecule has 2 heterocycles. The molecule has 2 aliphatic rings. The molecular weight excluding hydrogens is 238 g/mol. The van der Waals surface area contributed by atoms with Crippen molar-refractivity contribution in [1.82, 2.24) is 4.90 Å². The van der Waals surface area contributed by atoms with Crippen LogP contribution >= 0.6 is 0 Å². The van der Waals surface area contributed by atoms with Crippen molar-refractivity contribution in [3.63, 3.8) is 0 Å². The van der Waals surface area contributed by atoms with Gasteiger partial charge in [0.25, 0.3) is 0 Å². The topological polar surface area (TPSA) is 21.7 Å². The molecule has 2 aliphatic heterocycles.